The fourth-order valence-corrected chi connectivity index (χ4v) is 2.14. The van der Waals surface area contributed by atoms with Crippen molar-refractivity contribution in [3.63, 3.8) is 0 Å². The van der Waals surface area contributed by atoms with Crippen molar-refractivity contribution in [3.8, 4) is 0 Å². The molecule has 0 bridgehead atoms. The van der Waals surface area contributed by atoms with E-state index >= 15 is 0 Å². The zero-order chi connectivity index (χ0) is 12.0. The first-order valence-corrected chi connectivity index (χ1v) is 6.48. The van der Waals surface area contributed by atoms with Crippen molar-refractivity contribution in [1.29, 1.82) is 0 Å². The number of carbonyl (C=O) groups excluding carboxylic acids is 1. The Labute approximate surface area is 101 Å². The number of esters is 1. The van der Waals surface area contributed by atoms with E-state index in [0.717, 1.165) is 24.0 Å². The standard InChI is InChI=1S/C13H18O2S/c1-4-6-12(13(14)15-5-2)9-11-7-8-16-10(11)3/h7-9H,4-6H2,1-3H3/b12-9+. The predicted octanol–water partition coefficient (Wildman–Crippen LogP) is 3.80. The molecule has 0 saturated heterocycles. The molecule has 2 nitrogen and oxygen atoms in total. The molecule has 16 heavy (non-hydrogen) atoms. The number of aryl methyl sites for hydroxylation is 1. The monoisotopic (exact) mass is 238 g/mol. The van der Waals surface area contributed by atoms with Gasteiger partial charge >= 0.3 is 5.97 Å². The molecule has 88 valence electrons. The summed E-state index contributed by atoms with van der Waals surface area (Å²) in [7, 11) is 0. The van der Waals surface area contributed by atoms with Crippen molar-refractivity contribution in [2.45, 2.75) is 33.6 Å². The highest BCUT2D eigenvalue weighted by Gasteiger charge is 2.10. The molecule has 1 aromatic heterocycles. The lowest BCUT2D eigenvalue weighted by Gasteiger charge is -2.05. The molecule has 0 aliphatic heterocycles. The van der Waals surface area contributed by atoms with Gasteiger partial charge in [-0.15, -0.1) is 11.3 Å². The molecule has 0 aliphatic rings. The lowest BCUT2D eigenvalue weighted by Crippen LogP contribution is -2.07. The lowest BCUT2D eigenvalue weighted by molar-refractivity contribution is -0.138. The summed E-state index contributed by atoms with van der Waals surface area (Å²) < 4.78 is 5.04. The van der Waals surface area contributed by atoms with Crippen LogP contribution in [-0.4, -0.2) is 12.6 Å². The first-order valence-electron chi connectivity index (χ1n) is 5.60. The van der Waals surface area contributed by atoms with Crippen LogP contribution >= 0.6 is 11.3 Å². The van der Waals surface area contributed by atoms with Crippen LogP contribution < -0.4 is 0 Å². The van der Waals surface area contributed by atoms with Crippen LogP contribution in [0.25, 0.3) is 6.08 Å². The Bertz CT molecular complexity index is 377. The summed E-state index contributed by atoms with van der Waals surface area (Å²) in [6.45, 7) is 6.39. The molecule has 1 aromatic rings. The molecule has 3 heteroatoms. The molecule has 0 N–H and O–H groups in total. The minimum absolute atomic E-state index is 0.185. The molecule has 0 saturated carbocycles. The fraction of sp³-hybridized carbons (Fsp3) is 0.462. The van der Waals surface area contributed by atoms with Crippen LogP contribution in [-0.2, 0) is 9.53 Å². The Morgan fingerprint density at radius 1 is 1.50 bits per heavy atom. The van der Waals surface area contributed by atoms with Gasteiger partial charge in [-0.25, -0.2) is 4.79 Å². The van der Waals surface area contributed by atoms with Crippen LogP contribution in [0.1, 0.15) is 37.1 Å². The largest absolute Gasteiger partial charge is 0.463 e. The van der Waals surface area contributed by atoms with Crippen molar-refractivity contribution >= 4 is 23.4 Å². The highest BCUT2D eigenvalue weighted by molar-refractivity contribution is 7.10. The van der Waals surface area contributed by atoms with E-state index in [0.29, 0.717) is 6.61 Å². The second-order valence-corrected chi connectivity index (χ2v) is 4.69. The number of hydrogen-bond acceptors (Lipinski definition) is 3. The number of rotatable bonds is 5. The normalized spacial score (nSPS) is 11.6. The molecule has 0 atom stereocenters. The van der Waals surface area contributed by atoms with Gasteiger partial charge in [0.1, 0.15) is 0 Å². The van der Waals surface area contributed by atoms with Crippen molar-refractivity contribution in [1.82, 2.24) is 0 Å². The van der Waals surface area contributed by atoms with Gasteiger partial charge in [0.25, 0.3) is 0 Å². The van der Waals surface area contributed by atoms with E-state index in [1.54, 1.807) is 11.3 Å². The van der Waals surface area contributed by atoms with Crippen LogP contribution in [0.2, 0.25) is 0 Å². The van der Waals surface area contributed by atoms with Crippen molar-refractivity contribution < 1.29 is 9.53 Å². The van der Waals surface area contributed by atoms with Gasteiger partial charge in [0.15, 0.2) is 0 Å². The average molecular weight is 238 g/mol. The molecular weight excluding hydrogens is 220 g/mol. The zero-order valence-electron chi connectivity index (χ0n) is 10.1. The van der Waals surface area contributed by atoms with E-state index in [4.69, 9.17) is 4.74 Å². The molecular formula is C13H18O2S. The van der Waals surface area contributed by atoms with Crippen molar-refractivity contribution in [3.05, 3.63) is 27.5 Å². The third-order valence-corrected chi connectivity index (χ3v) is 3.15. The lowest BCUT2D eigenvalue weighted by atomic mass is 10.1. The minimum atomic E-state index is -0.185. The molecule has 0 fully saturated rings. The summed E-state index contributed by atoms with van der Waals surface area (Å²) in [5.41, 5.74) is 1.90. The molecule has 0 radical (unpaired) electrons. The third kappa shape index (κ3) is 3.49. The van der Waals surface area contributed by atoms with Gasteiger partial charge in [-0.05, 0) is 43.4 Å². The predicted molar refractivity (Wildman–Crippen MR) is 68.6 cm³/mol. The molecule has 0 aromatic carbocycles. The maximum absolute atomic E-state index is 11.7. The maximum atomic E-state index is 11.7. The first-order chi connectivity index (χ1) is 7.69. The van der Waals surface area contributed by atoms with Gasteiger partial charge in [-0.2, -0.15) is 0 Å². The summed E-state index contributed by atoms with van der Waals surface area (Å²) in [6.07, 6.45) is 3.68. The quantitative estimate of drug-likeness (QED) is 0.576. The third-order valence-electron chi connectivity index (χ3n) is 2.29. The van der Waals surface area contributed by atoms with Crippen LogP contribution in [0, 0.1) is 6.92 Å². The average Bonchev–Trinajstić information content (AvgIpc) is 2.64. The summed E-state index contributed by atoms with van der Waals surface area (Å²) in [5, 5.41) is 2.04. The van der Waals surface area contributed by atoms with Crippen molar-refractivity contribution in [2.24, 2.45) is 0 Å². The van der Waals surface area contributed by atoms with E-state index in [1.165, 1.54) is 4.88 Å². The summed E-state index contributed by atoms with van der Waals surface area (Å²) >= 11 is 1.69. The highest BCUT2D eigenvalue weighted by Crippen LogP contribution is 2.20. The second kappa shape index (κ2) is 6.48. The number of carbonyl (C=O) groups is 1. The second-order valence-electron chi connectivity index (χ2n) is 3.57. The number of hydrogen-bond donors (Lipinski definition) is 0. The fourth-order valence-electron chi connectivity index (χ4n) is 1.46. The van der Waals surface area contributed by atoms with Gasteiger partial charge in [-0.1, -0.05) is 13.3 Å². The van der Waals surface area contributed by atoms with Gasteiger partial charge < -0.3 is 4.74 Å². The maximum Gasteiger partial charge on any atom is 0.334 e. The topological polar surface area (TPSA) is 26.3 Å². The minimum Gasteiger partial charge on any atom is -0.463 e. The SMILES string of the molecule is CCC/C(=C\c1ccsc1C)C(=O)OCC. The zero-order valence-corrected chi connectivity index (χ0v) is 10.9. The number of thiophene rings is 1. The van der Waals surface area contributed by atoms with E-state index in [9.17, 15) is 4.79 Å². The summed E-state index contributed by atoms with van der Waals surface area (Å²) in [6, 6.07) is 2.04. The Hall–Kier alpha value is -1.09. The van der Waals surface area contributed by atoms with Gasteiger partial charge in [-0.3, -0.25) is 0 Å². The van der Waals surface area contributed by atoms with Crippen LogP contribution in [0.4, 0.5) is 0 Å². The molecule has 0 aliphatic carbocycles. The van der Waals surface area contributed by atoms with Gasteiger partial charge in [0, 0.05) is 10.5 Å². The van der Waals surface area contributed by atoms with E-state index in [-0.39, 0.29) is 5.97 Å². The highest BCUT2D eigenvalue weighted by atomic mass is 32.1. The van der Waals surface area contributed by atoms with Crippen LogP contribution in [0.3, 0.4) is 0 Å². The van der Waals surface area contributed by atoms with Crippen molar-refractivity contribution in [2.75, 3.05) is 6.61 Å². The summed E-state index contributed by atoms with van der Waals surface area (Å²) in [4.78, 5) is 12.9. The van der Waals surface area contributed by atoms with Crippen LogP contribution in [0.5, 0.6) is 0 Å². The Morgan fingerprint density at radius 2 is 2.25 bits per heavy atom. The first kappa shape index (κ1) is 13.0. The van der Waals surface area contributed by atoms with E-state index in [1.807, 2.05) is 24.4 Å². The Morgan fingerprint density at radius 3 is 2.75 bits per heavy atom. The molecule has 1 heterocycles. The molecule has 0 amide bonds. The van der Waals surface area contributed by atoms with E-state index in [2.05, 4.69) is 13.8 Å². The molecule has 0 spiro atoms. The Balaban J connectivity index is 2.88. The van der Waals surface area contributed by atoms with Gasteiger partial charge in [0.2, 0.25) is 0 Å². The molecule has 0 unspecified atom stereocenters. The number of ether oxygens (including phenoxy) is 1. The summed E-state index contributed by atoms with van der Waals surface area (Å²) in [5.74, 6) is -0.185. The van der Waals surface area contributed by atoms with Gasteiger partial charge in [0.05, 0.1) is 6.61 Å². The van der Waals surface area contributed by atoms with Crippen LogP contribution in [0.15, 0.2) is 17.0 Å². The van der Waals surface area contributed by atoms with E-state index < -0.39 is 0 Å². The smallest absolute Gasteiger partial charge is 0.334 e. The Kier molecular flexibility index (Phi) is 5.26. The molecule has 1 rings (SSSR count).